The van der Waals surface area contributed by atoms with Gasteiger partial charge in [0.05, 0.1) is 0 Å². The van der Waals surface area contributed by atoms with Crippen LogP contribution in [0.4, 0.5) is 0 Å². The van der Waals surface area contributed by atoms with Gasteiger partial charge in [-0.1, -0.05) is 36.5 Å². The molecule has 0 saturated heterocycles. The van der Waals surface area contributed by atoms with Gasteiger partial charge in [0, 0.05) is 5.70 Å². The van der Waals surface area contributed by atoms with Crippen molar-refractivity contribution >= 4 is 0 Å². The molecular formula is C13H17N. The van der Waals surface area contributed by atoms with Crippen LogP contribution in [0, 0.1) is 11.8 Å². The van der Waals surface area contributed by atoms with Gasteiger partial charge in [-0.05, 0) is 37.2 Å². The van der Waals surface area contributed by atoms with E-state index in [1.807, 2.05) is 0 Å². The first-order valence-corrected chi connectivity index (χ1v) is 5.25. The van der Waals surface area contributed by atoms with Crippen LogP contribution in [0.3, 0.4) is 0 Å². The lowest BCUT2D eigenvalue weighted by molar-refractivity contribution is 0.473. The molecule has 1 heteroatoms. The number of nitrogens with two attached hydrogens (primary N) is 1. The van der Waals surface area contributed by atoms with E-state index in [2.05, 4.69) is 43.4 Å². The highest BCUT2D eigenvalue weighted by atomic mass is 14.6. The van der Waals surface area contributed by atoms with E-state index in [-0.39, 0.29) is 0 Å². The van der Waals surface area contributed by atoms with E-state index >= 15 is 0 Å². The molecule has 74 valence electrons. The third kappa shape index (κ3) is 1.82. The molecule has 2 atom stereocenters. The average molecular weight is 187 g/mol. The van der Waals surface area contributed by atoms with Gasteiger partial charge in [-0.2, -0.15) is 0 Å². The molecule has 2 N–H and O–H groups in total. The summed E-state index contributed by atoms with van der Waals surface area (Å²) in [6.45, 7) is 2.08. The third-order valence-corrected chi connectivity index (χ3v) is 3.11. The molecule has 1 nitrogen and oxygen atoms in total. The van der Waals surface area contributed by atoms with Crippen LogP contribution in [0.1, 0.15) is 19.8 Å². The smallest absolute Gasteiger partial charge is 0.0303 e. The minimum atomic E-state index is 0.597. The van der Waals surface area contributed by atoms with Crippen LogP contribution >= 0.6 is 0 Å². The van der Waals surface area contributed by atoms with Gasteiger partial charge in [-0.25, -0.2) is 0 Å². The summed E-state index contributed by atoms with van der Waals surface area (Å²) in [5.41, 5.74) is 8.12. The monoisotopic (exact) mass is 187 g/mol. The Kier molecular flexibility index (Phi) is 2.58. The van der Waals surface area contributed by atoms with Crippen molar-refractivity contribution in [2.24, 2.45) is 17.6 Å². The minimum Gasteiger partial charge on any atom is -0.399 e. The summed E-state index contributed by atoms with van der Waals surface area (Å²) in [4.78, 5) is 0. The standard InChI is InChI=1S/C13H17N/c1-10-7-8-12(9-13(10)14)11-5-3-2-4-6-11/h2-5,7,9,11-12H,6,8,14H2,1H3/t11?,12-/m1/s1. The van der Waals surface area contributed by atoms with Gasteiger partial charge in [0.15, 0.2) is 0 Å². The number of allylic oxidation sites excluding steroid dienone is 7. The van der Waals surface area contributed by atoms with Gasteiger partial charge in [-0.15, -0.1) is 0 Å². The van der Waals surface area contributed by atoms with Gasteiger partial charge < -0.3 is 5.73 Å². The topological polar surface area (TPSA) is 26.0 Å². The zero-order chi connectivity index (χ0) is 9.97. The van der Waals surface area contributed by atoms with Gasteiger partial charge in [0.2, 0.25) is 0 Å². The molecule has 0 amide bonds. The molecule has 0 aromatic rings. The van der Waals surface area contributed by atoms with Crippen molar-refractivity contribution in [1.82, 2.24) is 0 Å². The number of hydrogen-bond donors (Lipinski definition) is 1. The van der Waals surface area contributed by atoms with Crippen LogP contribution in [0.2, 0.25) is 0 Å². The Labute approximate surface area is 85.7 Å². The molecule has 0 bridgehead atoms. The van der Waals surface area contributed by atoms with E-state index in [0.717, 1.165) is 18.5 Å². The molecular weight excluding hydrogens is 170 g/mol. The minimum absolute atomic E-state index is 0.597. The second-order valence-corrected chi connectivity index (χ2v) is 4.12. The SMILES string of the molecule is CC1=CC[C@@H](C2C=CC=CC2)C=C1N. The summed E-state index contributed by atoms with van der Waals surface area (Å²) in [5, 5.41) is 0. The fraction of sp³-hybridized carbons (Fsp3) is 0.385. The highest BCUT2D eigenvalue weighted by Crippen LogP contribution is 2.30. The summed E-state index contributed by atoms with van der Waals surface area (Å²) in [5.74, 6) is 1.24. The van der Waals surface area contributed by atoms with Crippen LogP contribution < -0.4 is 5.73 Å². The Hall–Kier alpha value is -1.24. The lowest BCUT2D eigenvalue weighted by Crippen LogP contribution is -2.16. The third-order valence-electron chi connectivity index (χ3n) is 3.11. The van der Waals surface area contributed by atoms with Crippen LogP contribution in [-0.4, -0.2) is 0 Å². The van der Waals surface area contributed by atoms with Gasteiger partial charge in [0.1, 0.15) is 0 Å². The zero-order valence-corrected chi connectivity index (χ0v) is 8.61. The molecule has 0 radical (unpaired) electrons. The Morgan fingerprint density at radius 2 is 2.07 bits per heavy atom. The molecule has 1 unspecified atom stereocenters. The van der Waals surface area contributed by atoms with E-state index in [1.165, 1.54) is 5.57 Å². The molecule has 14 heavy (non-hydrogen) atoms. The van der Waals surface area contributed by atoms with Crippen molar-refractivity contribution in [3.8, 4) is 0 Å². The molecule has 0 spiro atoms. The first-order chi connectivity index (χ1) is 6.77. The quantitative estimate of drug-likeness (QED) is 0.671. The fourth-order valence-corrected chi connectivity index (χ4v) is 2.08. The van der Waals surface area contributed by atoms with Gasteiger partial charge >= 0.3 is 0 Å². The lowest BCUT2D eigenvalue weighted by atomic mass is 9.81. The Bertz CT molecular complexity index is 331. The summed E-state index contributed by atoms with van der Waals surface area (Å²) in [6.07, 6.45) is 15.6. The summed E-state index contributed by atoms with van der Waals surface area (Å²) in [6, 6.07) is 0. The van der Waals surface area contributed by atoms with Crippen molar-refractivity contribution in [3.63, 3.8) is 0 Å². The fourth-order valence-electron chi connectivity index (χ4n) is 2.08. The second kappa shape index (κ2) is 3.87. The molecule has 0 fully saturated rings. The molecule has 0 saturated carbocycles. The molecule has 0 aromatic heterocycles. The lowest BCUT2D eigenvalue weighted by Gasteiger charge is -2.25. The van der Waals surface area contributed by atoms with E-state index in [9.17, 15) is 0 Å². The van der Waals surface area contributed by atoms with E-state index < -0.39 is 0 Å². The van der Waals surface area contributed by atoms with Crippen LogP contribution in [0.5, 0.6) is 0 Å². The molecule has 2 aliphatic carbocycles. The van der Waals surface area contributed by atoms with E-state index in [1.54, 1.807) is 0 Å². The predicted octanol–water partition coefficient (Wildman–Crippen LogP) is 2.93. The van der Waals surface area contributed by atoms with Crippen LogP contribution in [0.15, 0.2) is 47.7 Å². The first-order valence-electron chi connectivity index (χ1n) is 5.25. The first kappa shape index (κ1) is 9.32. The second-order valence-electron chi connectivity index (χ2n) is 4.12. The molecule has 0 aliphatic heterocycles. The van der Waals surface area contributed by atoms with Crippen LogP contribution in [0.25, 0.3) is 0 Å². The summed E-state index contributed by atoms with van der Waals surface area (Å²) < 4.78 is 0. The normalized spacial score (nSPS) is 31.2. The van der Waals surface area contributed by atoms with Crippen molar-refractivity contribution in [2.75, 3.05) is 0 Å². The zero-order valence-electron chi connectivity index (χ0n) is 8.61. The predicted molar refractivity (Wildman–Crippen MR) is 60.5 cm³/mol. The number of hydrogen-bond acceptors (Lipinski definition) is 1. The maximum absolute atomic E-state index is 5.93. The highest BCUT2D eigenvalue weighted by molar-refractivity contribution is 5.31. The van der Waals surface area contributed by atoms with Crippen molar-refractivity contribution in [3.05, 3.63) is 47.7 Å². The summed E-state index contributed by atoms with van der Waals surface area (Å²) in [7, 11) is 0. The molecule has 2 rings (SSSR count). The number of rotatable bonds is 1. The van der Waals surface area contributed by atoms with Crippen molar-refractivity contribution < 1.29 is 0 Å². The molecule has 2 aliphatic rings. The maximum Gasteiger partial charge on any atom is 0.0303 e. The maximum atomic E-state index is 5.93. The van der Waals surface area contributed by atoms with Gasteiger partial charge in [-0.3, -0.25) is 0 Å². The Balaban J connectivity index is 2.08. The summed E-state index contributed by atoms with van der Waals surface area (Å²) >= 11 is 0. The Morgan fingerprint density at radius 3 is 2.71 bits per heavy atom. The Morgan fingerprint density at radius 1 is 1.21 bits per heavy atom. The van der Waals surface area contributed by atoms with Crippen molar-refractivity contribution in [1.29, 1.82) is 0 Å². The van der Waals surface area contributed by atoms with Gasteiger partial charge in [0.25, 0.3) is 0 Å². The van der Waals surface area contributed by atoms with E-state index in [4.69, 9.17) is 5.73 Å². The van der Waals surface area contributed by atoms with Crippen molar-refractivity contribution in [2.45, 2.75) is 19.8 Å². The average Bonchev–Trinajstić information content (AvgIpc) is 2.23. The van der Waals surface area contributed by atoms with Crippen LogP contribution in [-0.2, 0) is 0 Å². The largest absolute Gasteiger partial charge is 0.399 e. The van der Waals surface area contributed by atoms with E-state index in [0.29, 0.717) is 11.8 Å². The molecule has 0 aromatic carbocycles. The molecule has 0 heterocycles. The highest BCUT2D eigenvalue weighted by Gasteiger charge is 2.19.